The van der Waals surface area contributed by atoms with Crippen molar-refractivity contribution in [2.75, 3.05) is 26.2 Å². The molecule has 1 fully saturated rings. The Hall–Kier alpha value is -0.440. The van der Waals surface area contributed by atoms with Gasteiger partial charge in [0, 0.05) is 24.1 Å². The molecule has 1 aromatic rings. The van der Waals surface area contributed by atoms with Crippen molar-refractivity contribution in [1.29, 1.82) is 0 Å². The number of nitrogens with zero attached hydrogens (tertiary/aromatic N) is 1. The van der Waals surface area contributed by atoms with Crippen molar-refractivity contribution in [3.05, 3.63) is 19.2 Å². The van der Waals surface area contributed by atoms with Gasteiger partial charge in [-0.05, 0) is 44.8 Å². The average Bonchev–Trinajstić information content (AvgIpc) is 2.78. The van der Waals surface area contributed by atoms with Crippen molar-refractivity contribution in [2.24, 2.45) is 0 Å². The number of esters is 1. The smallest absolute Gasteiger partial charge is 0.330 e. The summed E-state index contributed by atoms with van der Waals surface area (Å²) in [6.07, 6.45) is 0. The lowest BCUT2D eigenvalue weighted by Crippen LogP contribution is -2.57. The van der Waals surface area contributed by atoms with Crippen LogP contribution in [-0.2, 0) is 9.53 Å². The zero-order valence-electron chi connectivity index (χ0n) is 10.8. The number of piperazine rings is 1. The largest absolute Gasteiger partial charge is 0.464 e. The van der Waals surface area contributed by atoms with Crippen LogP contribution in [-0.4, -0.2) is 49.1 Å². The molecule has 0 saturated carbocycles. The molecule has 1 N–H and O–H groups in total. The van der Waals surface area contributed by atoms with Crippen molar-refractivity contribution in [3.63, 3.8) is 0 Å². The van der Waals surface area contributed by atoms with Gasteiger partial charge in [0.1, 0.15) is 6.04 Å². The maximum atomic E-state index is 12.5. The highest BCUT2D eigenvalue weighted by atomic mass is 79.9. The van der Waals surface area contributed by atoms with Gasteiger partial charge in [-0.15, -0.1) is 11.3 Å². The molecule has 110 valence electrons. The lowest BCUT2D eigenvalue weighted by atomic mass is 10.2. The van der Waals surface area contributed by atoms with Crippen LogP contribution >= 0.6 is 43.2 Å². The second-order valence-corrected chi connectivity index (χ2v) is 7.43. The normalized spacial score (nSPS) is 18.9. The zero-order valence-corrected chi connectivity index (χ0v) is 14.8. The SMILES string of the molecule is CCOC(=O)C1CNCCN1C(=O)c1cc(Br)c(Br)s1. The first-order chi connectivity index (χ1) is 9.54. The third kappa shape index (κ3) is 3.41. The Balaban J connectivity index is 2.19. The molecule has 2 heterocycles. The maximum absolute atomic E-state index is 12.5. The van der Waals surface area contributed by atoms with E-state index in [4.69, 9.17) is 4.74 Å². The van der Waals surface area contributed by atoms with Crippen molar-refractivity contribution in [2.45, 2.75) is 13.0 Å². The van der Waals surface area contributed by atoms with Gasteiger partial charge in [-0.2, -0.15) is 0 Å². The third-order valence-corrected chi connectivity index (χ3v) is 6.16. The van der Waals surface area contributed by atoms with Crippen LogP contribution < -0.4 is 5.32 Å². The van der Waals surface area contributed by atoms with Crippen LogP contribution in [0.1, 0.15) is 16.6 Å². The molecule has 1 unspecified atom stereocenters. The van der Waals surface area contributed by atoms with Crippen molar-refractivity contribution in [1.82, 2.24) is 10.2 Å². The molecule has 0 spiro atoms. The summed E-state index contributed by atoms with van der Waals surface area (Å²) in [7, 11) is 0. The van der Waals surface area contributed by atoms with E-state index < -0.39 is 6.04 Å². The predicted molar refractivity (Wildman–Crippen MR) is 84.0 cm³/mol. The number of hydrogen-bond donors (Lipinski definition) is 1. The molecule has 1 atom stereocenters. The number of carbonyl (C=O) groups is 2. The predicted octanol–water partition coefficient (Wildman–Crippen LogP) is 2.25. The molecular weight excluding hydrogens is 412 g/mol. The Labute approximate surface area is 137 Å². The van der Waals surface area contributed by atoms with Gasteiger partial charge in [0.2, 0.25) is 0 Å². The highest BCUT2D eigenvalue weighted by molar-refractivity contribution is 9.13. The van der Waals surface area contributed by atoms with Crippen LogP contribution in [0.4, 0.5) is 0 Å². The Kier molecular flexibility index (Phi) is 5.59. The molecule has 0 radical (unpaired) electrons. The summed E-state index contributed by atoms with van der Waals surface area (Å²) in [5.74, 6) is -0.497. The number of halogens is 2. The second kappa shape index (κ2) is 7.02. The Morgan fingerprint density at radius 3 is 2.90 bits per heavy atom. The van der Waals surface area contributed by atoms with Gasteiger partial charge in [0.25, 0.3) is 5.91 Å². The van der Waals surface area contributed by atoms with Crippen LogP contribution in [0.5, 0.6) is 0 Å². The summed E-state index contributed by atoms with van der Waals surface area (Å²) >= 11 is 8.09. The highest BCUT2D eigenvalue weighted by Gasteiger charge is 2.34. The number of rotatable bonds is 3. The minimum Gasteiger partial charge on any atom is -0.464 e. The first kappa shape index (κ1) is 15.9. The number of hydrogen-bond acceptors (Lipinski definition) is 5. The second-order valence-electron chi connectivity index (χ2n) is 4.20. The van der Waals surface area contributed by atoms with E-state index in [0.717, 1.165) is 8.26 Å². The first-order valence-electron chi connectivity index (χ1n) is 6.17. The summed E-state index contributed by atoms with van der Waals surface area (Å²) in [5, 5.41) is 3.12. The lowest BCUT2D eigenvalue weighted by molar-refractivity contribution is -0.149. The molecule has 8 heteroatoms. The molecule has 20 heavy (non-hydrogen) atoms. The number of thiophene rings is 1. The van der Waals surface area contributed by atoms with E-state index in [9.17, 15) is 9.59 Å². The summed E-state index contributed by atoms with van der Waals surface area (Å²) in [6.45, 7) is 3.67. The van der Waals surface area contributed by atoms with E-state index in [1.165, 1.54) is 11.3 Å². The van der Waals surface area contributed by atoms with Crippen LogP contribution in [0.15, 0.2) is 14.3 Å². The van der Waals surface area contributed by atoms with E-state index >= 15 is 0 Å². The number of amides is 1. The minimum absolute atomic E-state index is 0.138. The molecule has 2 rings (SSSR count). The number of carbonyl (C=O) groups excluding carboxylic acids is 2. The van der Waals surface area contributed by atoms with Gasteiger partial charge in [-0.25, -0.2) is 4.79 Å². The molecule has 5 nitrogen and oxygen atoms in total. The monoisotopic (exact) mass is 424 g/mol. The average molecular weight is 426 g/mol. The minimum atomic E-state index is -0.559. The molecule has 1 aromatic heterocycles. The van der Waals surface area contributed by atoms with E-state index in [0.29, 0.717) is 31.1 Å². The quantitative estimate of drug-likeness (QED) is 0.754. The Morgan fingerprint density at radius 1 is 1.55 bits per heavy atom. The number of nitrogens with one attached hydrogen (secondary N) is 1. The maximum Gasteiger partial charge on any atom is 0.330 e. The van der Waals surface area contributed by atoms with Crippen LogP contribution in [0.3, 0.4) is 0 Å². The molecule has 1 saturated heterocycles. The van der Waals surface area contributed by atoms with Crippen molar-refractivity contribution in [3.8, 4) is 0 Å². The zero-order chi connectivity index (χ0) is 14.7. The van der Waals surface area contributed by atoms with Crippen LogP contribution in [0, 0.1) is 0 Å². The van der Waals surface area contributed by atoms with E-state index in [1.807, 2.05) is 0 Å². The molecule has 0 bridgehead atoms. The van der Waals surface area contributed by atoms with Crippen LogP contribution in [0.25, 0.3) is 0 Å². The van der Waals surface area contributed by atoms with Gasteiger partial charge in [-0.1, -0.05) is 0 Å². The summed E-state index contributed by atoms with van der Waals surface area (Å²) in [6, 6.07) is 1.21. The third-order valence-electron chi connectivity index (χ3n) is 2.92. The topological polar surface area (TPSA) is 58.6 Å². The van der Waals surface area contributed by atoms with Gasteiger partial charge in [0.05, 0.1) is 15.3 Å². The van der Waals surface area contributed by atoms with E-state index in [-0.39, 0.29) is 11.9 Å². The summed E-state index contributed by atoms with van der Waals surface area (Å²) in [4.78, 5) is 26.7. The molecular formula is C12H14Br2N2O3S. The number of ether oxygens (including phenoxy) is 1. The summed E-state index contributed by atoms with van der Waals surface area (Å²) in [5.41, 5.74) is 0. The van der Waals surface area contributed by atoms with Gasteiger partial charge >= 0.3 is 5.97 Å². The fraction of sp³-hybridized carbons (Fsp3) is 0.500. The molecule has 1 amide bonds. The molecule has 1 aliphatic heterocycles. The molecule has 0 aliphatic carbocycles. The Morgan fingerprint density at radius 2 is 2.30 bits per heavy atom. The highest BCUT2D eigenvalue weighted by Crippen LogP contribution is 2.33. The molecule has 1 aliphatic rings. The van der Waals surface area contributed by atoms with Crippen molar-refractivity contribution >= 4 is 55.1 Å². The first-order valence-corrected chi connectivity index (χ1v) is 8.58. The van der Waals surface area contributed by atoms with Crippen LogP contribution in [0.2, 0.25) is 0 Å². The van der Waals surface area contributed by atoms with Gasteiger partial charge in [0.15, 0.2) is 0 Å². The fourth-order valence-electron chi connectivity index (χ4n) is 1.99. The van der Waals surface area contributed by atoms with Gasteiger partial charge < -0.3 is 15.0 Å². The Bertz CT molecular complexity index is 501. The fourth-order valence-corrected chi connectivity index (χ4v) is 3.98. The van der Waals surface area contributed by atoms with E-state index in [1.54, 1.807) is 17.9 Å². The standard InChI is InChI=1S/C12H14Br2N2O3S/c1-2-19-12(18)8-6-15-3-4-16(8)11(17)9-5-7(13)10(14)20-9/h5,8,15H,2-4,6H2,1H3. The lowest BCUT2D eigenvalue weighted by Gasteiger charge is -2.34. The van der Waals surface area contributed by atoms with Crippen molar-refractivity contribution < 1.29 is 14.3 Å². The summed E-state index contributed by atoms with van der Waals surface area (Å²) < 4.78 is 6.74. The van der Waals surface area contributed by atoms with Gasteiger partial charge in [-0.3, -0.25) is 4.79 Å². The molecule has 0 aromatic carbocycles. The van der Waals surface area contributed by atoms with E-state index in [2.05, 4.69) is 37.2 Å².